The molecule has 1 aliphatic rings. The highest BCUT2D eigenvalue weighted by Gasteiger charge is 2.22. The second-order valence-corrected chi connectivity index (χ2v) is 7.34. The number of nitrogens with zero attached hydrogens (tertiary/aromatic N) is 1. The van der Waals surface area contributed by atoms with E-state index < -0.39 is 10.0 Å². The van der Waals surface area contributed by atoms with E-state index in [1.54, 1.807) is 19.3 Å². The number of hydrogen-bond donors (Lipinski definition) is 2. The fraction of sp³-hybridized carbons (Fsp3) is 0.643. The minimum atomic E-state index is -3.49. The van der Waals surface area contributed by atoms with E-state index in [-0.39, 0.29) is 4.90 Å². The van der Waals surface area contributed by atoms with Gasteiger partial charge >= 0.3 is 0 Å². The van der Waals surface area contributed by atoms with Crippen molar-refractivity contribution in [2.75, 3.05) is 18.9 Å². The summed E-state index contributed by atoms with van der Waals surface area (Å²) in [6.45, 7) is 2.78. The van der Waals surface area contributed by atoms with Gasteiger partial charge in [0.15, 0.2) is 0 Å². The van der Waals surface area contributed by atoms with Gasteiger partial charge in [0.05, 0.1) is 5.69 Å². The van der Waals surface area contributed by atoms with Crippen LogP contribution in [0.4, 0.5) is 5.69 Å². The highest BCUT2D eigenvalue weighted by Crippen LogP contribution is 2.28. The number of sulfonamides is 1. The van der Waals surface area contributed by atoms with Crippen LogP contribution in [0.5, 0.6) is 0 Å². The lowest BCUT2D eigenvalue weighted by molar-refractivity contribution is 0.290. The Morgan fingerprint density at radius 2 is 2.00 bits per heavy atom. The van der Waals surface area contributed by atoms with Gasteiger partial charge in [-0.05, 0) is 30.7 Å². The molecule has 112 valence electrons. The van der Waals surface area contributed by atoms with E-state index in [4.69, 9.17) is 0 Å². The van der Waals surface area contributed by atoms with Crippen molar-refractivity contribution in [3.8, 4) is 0 Å². The van der Waals surface area contributed by atoms with Crippen LogP contribution in [0.25, 0.3) is 0 Å². The molecule has 2 rings (SSSR count). The SMILES string of the molecule is CNc1ccncc1S(=O)(=O)NCC1CCC(C)CC1. The highest BCUT2D eigenvalue weighted by atomic mass is 32.2. The molecule has 1 aliphatic carbocycles. The first-order valence-corrected chi connectivity index (χ1v) is 8.62. The molecule has 1 heterocycles. The first kappa shape index (κ1) is 15.3. The molecule has 5 nitrogen and oxygen atoms in total. The Hall–Kier alpha value is -1.14. The molecule has 0 atom stereocenters. The number of anilines is 1. The number of rotatable bonds is 5. The smallest absolute Gasteiger partial charge is 0.244 e. The first-order chi connectivity index (χ1) is 9.53. The Labute approximate surface area is 121 Å². The van der Waals surface area contributed by atoms with Crippen LogP contribution >= 0.6 is 0 Å². The van der Waals surface area contributed by atoms with Crippen LogP contribution in [0.2, 0.25) is 0 Å². The van der Waals surface area contributed by atoms with Gasteiger partial charge in [0.1, 0.15) is 4.90 Å². The van der Waals surface area contributed by atoms with Crippen molar-refractivity contribution < 1.29 is 8.42 Å². The van der Waals surface area contributed by atoms with Gasteiger partial charge in [0, 0.05) is 26.0 Å². The molecule has 1 aromatic heterocycles. The van der Waals surface area contributed by atoms with Crippen molar-refractivity contribution in [1.82, 2.24) is 9.71 Å². The number of aromatic nitrogens is 1. The van der Waals surface area contributed by atoms with Gasteiger partial charge < -0.3 is 5.32 Å². The maximum absolute atomic E-state index is 12.3. The third-order valence-corrected chi connectivity index (χ3v) is 5.49. The van der Waals surface area contributed by atoms with Crippen molar-refractivity contribution in [2.45, 2.75) is 37.5 Å². The van der Waals surface area contributed by atoms with Crippen LogP contribution in [0.15, 0.2) is 23.4 Å². The second-order valence-electron chi connectivity index (χ2n) is 5.60. The van der Waals surface area contributed by atoms with Gasteiger partial charge in [0.2, 0.25) is 10.0 Å². The third-order valence-electron chi connectivity index (χ3n) is 4.04. The van der Waals surface area contributed by atoms with Crippen LogP contribution < -0.4 is 10.0 Å². The Balaban J connectivity index is 2.00. The van der Waals surface area contributed by atoms with Crippen LogP contribution in [-0.4, -0.2) is 27.0 Å². The lowest BCUT2D eigenvalue weighted by Crippen LogP contribution is -2.31. The van der Waals surface area contributed by atoms with E-state index in [0.29, 0.717) is 18.2 Å². The lowest BCUT2D eigenvalue weighted by atomic mass is 9.83. The van der Waals surface area contributed by atoms with Crippen molar-refractivity contribution in [2.24, 2.45) is 11.8 Å². The molecule has 0 radical (unpaired) electrons. The maximum Gasteiger partial charge on any atom is 0.244 e. The summed E-state index contributed by atoms with van der Waals surface area (Å²) in [6, 6.07) is 1.66. The topological polar surface area (TPSA) is 71.1 Å². The van der Waals surface area contributed by atoms with Gasteiger partial charge in [-0.3, -0.25) is 4.98 Å². The monoisotopic (exact) mass is 297 g/mol. The molecule has 0 bridgehead atoms. The summed E-state index contributed by atoms with van der Waals surface area (Å²) < 4.78 is 27.4. The minimum Gasteiger partial charge on any atom is -0.387 e. The molecule has 1 fully saturated rings. The molecule has 0 saturated heterocycles. The average molecular weight is 297 g/mol. The van der Waals surface area contributed by atoms with E-state index in [9.17, 15) is 8.42 Å². The molecule has 2 N–H and O–H groups in total. The molecular weight excluding hydrogens is 274 g/mol. The number of pyridine rings is 1. The maximum atomic E-state index is 12.3. The zero-order chi connectivity index (χ0) is 14.6. The predicted molar refractivity (Wildman–Crippen MR) is 80.1 cm³/mol. The molecule has 1 saturated carbocycles. The third kappa shape index (κ3) is 3.70. The van der Waals surface area contributed by atoms with Crippen LogP contribution in [0, 0.1) is 11.8 Å². The van der Waals surface area contributed by atoms with Crippen LogP contribution in [0.1, 0.15) is 32.6 Å². The quantitative estimate of drug-likeness (QED) is 0.874. The van der Waals surface area contributed by atoms with E-state index in [1.807, 2.05) is 0 Å². The van der Waals surface area contributed by atoms with Crippen molar-refractivity contribution in [3.05, 3.63) is 18.5 Å². The van der Waals surface area contributed by atoms with Crippen LogP contribution in [0.3, 0.4) is 0 Å². The molecule has 0 aromatic carbocycles. The summed E-state index contributed by atoms with van der Waals surface area (Å²) in [5.41, 5.74) is 0.574. The Morgan fingerprint density at radius 1 is 1.30 bits per heavy atom. The summed E-state index contributed by atoms with van der Waals surface area (Å²) in [5.74, 6) is 1.23. The molecule has 6 heteroatoms. The summed E-state index contributed by atoms with van der Waals surface area (Å²) in [7, 11) is -1.79. The van der Waals surface area contributed by atoms with E-state index in [0.717, 1.165) is 18.8 Å². The molecule has 20 heavy (non-hydrogen) atoms. The van der Waals surface area contributed by atoms with Crippen LogP contribution in [-0.2, 0) is 10.0 Å². The van der Waals surface area contributed by atoms with Crippen molar-refractivity contribution in [1.29, 1.82) is 0 Å². The molecule has 0 unspecified atom stereocenters. The van der Waals surface area contributed by atoms with E-state index in [2.05, 4.69) is 21.9 Å². The normalized spacial score (nSPS) is 23.5. The second kappa shape index (κ2) is 6.54. The number of nitrogens with one attached hydrogen (secondary N) is 2. The minimum absolute atomic E-state index is 0.215. The van der Waals surface area contributed by atoms with Gasteiger partial charge in [0.25, 0.3) is 0 Å². The zero-order valence-electron chi connectivity index (χ0n) is 12.1. The van der Waals surface area contributed by atoms with Crippen molar-refractivity contribution >= 4 is 15.7 Å². The van der Waals surface area contributed by atoms with Gasteiger partial charge in [-0.15, -0.1) is 0 Å². The molecule has 0 aliphatic heterocycles. The lowest BCUT2D eigenvalue weighted by Gasteiger charge is -2.26. The fourth-order valence-corrected chi connectivity index (χ4v) is 3.91. The average Bonchev–Trinajstić information content (AvgIpc) is 2.46. The summed E-state index contributed by atoms with van der Waals surface area (Å²) in [6.07, 6.45) is 7.57. The Bertz CT molecular complexity index is 537. The molecule has 0 amide bonds. The standard InChI is InChI=1S/C14H23N3O2S/c1-11-3-5-12(6-4-11)9-17-20(18,19)14-10-16-8-7-13(14)15-2/h7-8,10-12,17H,3-6,9H2,1-2H3,(H,15,16). The molecule has 0 spiro atoms. The molecular formula is C14H23N3O2S. The van der Waals surface area contributed by atoms with Gasteiger partial charge in [-0.25, -0.2) is 13.1 Å². The fourth-order valence-electron chi connectivity index (χ4n) is 2.64. The molecule has 1 aromatic rings. The van der Waals surface area contributed by atoms with Crippen molar-refractivity contribution in [3.63, 3.8) is 0 Å². The Morgan fingerprint density at radius 3 is 2.65 bits per heavy atom. The first-order valence-electron chi connectivity index (χ1n) is 7.14. The predicted octanol–water partition coefficient (Wildman–Crippen LogP) is 2.23. The van der Waals surface area contributed by atoms with E-state index in [1.165, 1.54) is 19.0 Å². The summed E-state index contributed by atoms with van der Waals surface area (Å²) in [5, 5.41) is 2.89. The Kier molecular flexibility index (Phi) is 4.99. The van der Waals surface area contributed by atoms with E-state index >= 15 is 0 Å². The summed E-state index contributed by atoms with van der Waals surface area (Å²) in [4.78, 5) is 4.12. The number of hydrogen-bond acceptors (Lipinski definition) is 4. The van der Waals surface area contributed by atoms with Gasteiger partial charge in [-0.2, -0.15) is 0 Å². The largest absolute Gasteiger partial charge is 0.387 e. The zero-order valence-corrected chi connectivity index (χ0v) is 12.9. The summed E-state index contributed by atoms with van der Waals surface area (Å²) >= 11 is 0. The highest BCUT2D eigenvalue weighted by molar-refractivity contribution is 7.89. The van der Waals surface area contributed by atoms with Gasteiger partial charge in [-0.1, -0.05) is 19.8 Å².